The molecular formula is C16H21N5O3. The molecule has 1 aliphatic rings. The zero-order chi connectivity index (χ0) is 17.3. The Balaban J connectivity index is 1.83. The minimum atomic E-state index is -0.461. The molecule has 0 N–H and O–H groups in total. The lowest BCUT2D eigenvalue weighted by Crippen LogP contribution is -2.38. The van der Waals surface area contributed by atoms with E-state index in [1.165, 1.54) is 16.8 Å². The Labute approximate surface area is 139 Å². The van der Waals surface area contributed by atoms with E-state index >= 15 is 0 Å². The number of fused-ring (bicyclic) bond motifs is 1. The molecule has 0 saturated carbocycles. The summed E-state index contributed by atoms with van der Waals surface area (Å²) < 4.78 is 3.01. The maximum Gasteiger partial charge on any atom is 0.350 e. The summed E-state index contributed by atoms with van der Waals surface area (Å²) in [7, 11) is 0. The van der Waals surface area contributed by atoms with E-state index in [1.54, 1.807) is 16.7 Å². The molecule has 0 aliphatic carbocycles. The van der Waals surface area contributed by atoms with Crippen molar-refractivity contribution < 1.29 is 4.92 Å². The fourth-order valence-electron chi connectivity index (χ4n) is 2.81. The number of nitro groups is 1. The average Bonchev–Trinajstić information content (AvgIpc) is 2.89. The van der Waals surface area contributed by atoms with Crippen LogP contribution in [0.15, 0.2) is 29.1 Å². The Morgan fingerprint density at radius 2 is 1.96 bits per heavy atom. The molecule has 3 rings (SSSR count). The summed E-state index contributed by atoms with van der Waals surface area (Å²) >= 11 is 0. The summed E-state index contributed by atoms with van der Waals surface area (Å²) in [5.41, 5.74) is 0.347. The molecule has 128 valence electrons. The van der Waals surface area contributed by atoms with Gasteiger partial charge in [-0.1, -0.05) is 13.8 Å². The zero-order valence-electron chi connectivity index (χ0n) is 13.9. The van der Waals surface area contributed by atoms with Crippen LogP contribution < -0.4 is 5.69 Å². The third-order valence-corrected chi connectivity index (χ3v) is 4.27. The van der Waals surface area contributed by atoms with Gasteiger partial charge in [-0.05, 0) is 31.0 Å². The van der Waals surface area contributed by atoms with Gasteiger partial charge in [0.1, 0.15) is 5.82 Å². The quantitative estimate of drug-likeness (QED) is 0.616. The number of nitro benzene ring substituents is 1. The number of hydrogen-bond acceptors (Lipinski definition) is 5. The van der Waals surface area contributed by atoms with E-state index in [9.17, 15) is 14.9 Å². The van der Waals surface area contributed by atoms with Crippen LogP contribution in [0.4, 0.5) is 5.69 Å². The molecule has 0 amide bonds. The standard InChI is InChI=1S/C16H21N5O3/c1-12(2)7-8-18-9-10-19-15(11-18)17-20(16(19)22)13-3-5-14(6-4-13)21(23)24/h3-6,12H,7-11H2,1-2H3. The van der Waals surface area contributed by atoms with E-state index in [0.29, 0.717) is 24.7 Å². The SMILES string of the molecule is CC(C)CCN1CCn2c(nn(-c3ccc([N+](=O)[O-])cc3)c2=O)C1. The second-order valence-corrected chi connectivity index (χ2v) is 6.49. The number of benzene rings is 1. The van der Waals surface area contributed by atoms with Gasteiger partial charge < -0.3 is 0 Å². The van der Waals surface area contributed by atoms with Gasteiger partial charge in [0.15, 0.2) is 0 Å². The highest BCUT2D eigenvalue weighted by molar-refractivity contribution is 5.40. The van der Waals surface area contributed by atoms with Crippen molar-refractivity contribution in [2.75, 3.05) is 13.1 Å². The van der Waals surface area contributed by atoms with E-state index in [0.717, 1.165) is 25.3 Å². The first-order valence-electron chi connectivity index (χ1n) is 8.11. The molecule has 0 spiro atoms. The third-order valence-electron chi connectivity index (χ3n) is 4.27. The molecule has 0 bridgehead atoms. The van der Waals surface area contributed by atoms with Crippen molar-refractivity contribution in [1.29, 1.82) is 0 Å². The lowest BCUT2D eigenvalue weighted by atomic mass is 10.1. The highest BCUT2D eigenvalue weighted by Crippen LogP contribution is 2.15. The van der Waals surface area contributed by atoms with Crippen molar-refractivity contribution >= 4 is 5.69 Å². The molecule has 2 aromatic rings. The Morgan fingerprint density at radius 3 is 2.58 bits per heavy atom. The molecule has 0 unspecified atom stereocenters. The van der Waals surface area contributed by atoms with Crippen LogP contribution >= 0.6 is 0 Å². The summed E-state index contributed by atoms with van der Waals surface area (Å²) in [5, 5.41) is 15.2. The van der Waals surface area contributed by atoms with Crippen molar-refractivity contribution in [1.82, 2.24) is 19.2 Å². The molecule has 0 saturated heterocycles. The van der Waals surface area contributed by atoms with Gasteiger partial charge in [0, 0.05) is 25.2 Å². The molecule has 8 nitrogen and oxygen atoms in total. The van der Waals surface area contributed by atoms with Crippen LogP contribution in [0.3, 0.4) is 0 Å². The van der Waals surface area contributed by atoms with Crippen molar-refractivity contribution in [2.45, 2.75) is 33.4 Å². The lowest BCUT2D eigenvalue weighted by Gasteiger charge is -2.26. The van der Waals surface area contributed by atoms with E-state index in [4.69, 9.17) is 0 Å². The van der Waals surface area contributed by atoms with Gasteiger partial charge in [0.2, 0.25) is 0 Å². The van der Waals surface area contributed by atoms with Crippen LogP contribution in [0, 0.1) is 16.0 Å². The van der Waals surface area contributed by atoms with Crippen LogP contribution in [-0.2, 0) is 13.1 Å². The summed E-state index contributed by atoms with van der Waals surface area (Å²) in [5.74, 6) is 1.39. The van der Waals surface area contributed by atoms with Crippen LogP contribution in [0.2, 0.25) is 0 Å². The van der Waals surface area contributed by atoms with E-state index in [2.05, 4.69) is 23.8 Å². The molecule has 0 atom stereocenters. The van der Waals surface area contributed by atoms with Crippen LogP contribution in [0.1, 0.15) is 26.1 Å². The molecule has 1 aliphatic heterocycles. The highest BCUT2D eigenvalue weighted by atomic mass is 16.6. The van der Waals surface area contributed by atoms with E-state index < -0.39 is 4.92 Å². The minimum Gasteiger partial charge on any atom is -0.294 e. The molecule has 8 heteroatoms. The second-order valence-electron chi connectivity index (χ2n) is 6.49. The summed E-state index contributed by atoms with van der Waals surface area (Å²) in [4.78, 5) is 25.1. The summed E-state index contributed by atoms with van der Waals surface area (Å²) in [6.07, 6.45) is 1.12. The van der Waals surface area contributed by atoms with Gasteiger partial charge in [-0.25, -0.2) is 4.79 Å². The first kappa shape index (κ1) is 16.4. The summed E-state index contributed by atoms with van der Waals surface area (Å²) in [6, 6.07) is 5.87. The maximum atomic E-state index is 12.5. The van der Waals surface area contributed by atoms with Crippen LogP contribution in [-0.4, -0.2) is 37.3 Å². The van der Waals surface area contributed by atoms with Crippen molar-refractivity contribution in [2.24, 2.45) is 5.92 Å². The van der Waals surface area contributed by atoms with Gasteiger partial charge in [-0.15, -0.1) is 5.10 Å². The Bertz CT molecular complexity index is 791. The minimum absolute atomic E-state index is 0.00404. The van der Waals surface area contributed by atoms with Crippen molar-refractivity contribution in [3.8, 4) is 5.69 Å². The number of non-ortho nitro benzene ring substituents is 1. The Kier molecular flexibility index (Phi) is 4.48. The molecule has 1 aromatic heterocycles. The number of aromatic nitrogens is 3. The Morgan fingerprint density at radius 1 is 1.25 bits per heavy atom. The zero-order valence-corrected chi connectivity index (χ0v) is 13.9. The van der Waals surface area contributed by atoms with Gasteiger partial charge in [-0.2, -0.15) is 4.68 Å². The van der Waals surface area contributed by atoms with Crippen molar-refractivity contribution in [3.63, 3.8) is 0 Å². The monoisotopic (exact) mass is 331 g/mol. The predicted molar refractivity (Wildman–Crippen MR) is 89.2 cm³/mol. The molecule has 0 fully saturated rings. The fourth-order valence-corrected chi connectivity index (χ4v) is 2.81. The molecule has 24 heavy (non-hydrogen) atoms. The number of hydrogen-bond donors (Lipinski definition) is 0. The normalized spacial score (nSPS) is 14.8. The molecular weight excluding hydrogens is 310 g/mol. The Hall–Kier alpha value is -2.48. The van der Waals surface area contributed by atoms with Gasteiger partial charge >= 0.3 is 5.69 Å². The molecule has 2 heterocycles. The highest BCUT2D eigenvalue weighted by Gasteiger charge is 2.22. The third kappa shape index (κ3) is 3.23. The largest absolute Gasteiger partial charge is 0.350 e. The topological polar surface area (TPSA) is 86.2 Å². The van der Waals surface area contributed by atoms with Gasteiger partial charge in [-0.3, -0.25) is 19.6 Å². The van der Waals surface area contributed by atoms with Crippen LogP contribution in [0.5, 0.6) is 0 Å². The first-order chi connectivity index (χ1) is 11.5. The van der Waals surface area contributed by atoms with E-state index in [-0.39, 0.29) is 11.4 Å². The van der Waals surface area contributed by atoms with Crippen LogP contribution in [0.25, 0.3) is 5.69 Å². The number of rotatable bonds is 5. The predicted octanol–water partition coefficient (Wildman–Crippen LogP) is 1.80. The van der Waals surface area contributed by atoms with E-state index in [1.807, 2.05) is 0 Å². The maximum absolute atomic E-state index is 12.5. The number of nitrogens with zero attached hydrogens (tertiary/aromatic N) is 5. The fraction of sp³-hybridized carbons (Fsp3) is 0.500. The average molecular weight is 331 g/mol. The first-order valence-corrected chi connectivity index (χ1v) is 8.11. The molecule has 0 radical (unpaired) electrons. The van der Waals surface area contributed by atoms with Gasteiger partial charge in [0.25, 0.3) is 5.69 Å². The lowest BCUT2D eigenvalue weighted by molar-refractivity contribution is -0.384. The second kappa shape index (κ2) is 6.56. The summed E-state index contributed by atoms with van der Waals surface area (Å²) in [6.45, 7) is 7.51. The molecule has 1 aromatic carbocycles. The van der Waals surface area contributed by atoms with Crippen molar-refractivity contribution in [3.05, 3.63) is 50.7 Å². The smallest absolute Gasteiger partial charge is 0.294 e. The van der Waals surface area contributed by atoms with Gasteiger partial charge in [0.05, 0.1) is 17.2 Å².